The normalized spacial score (nSPS) is 12.9. The molecule has 0 radical (unpaired) electrons. The van der Waals surface area contributed by atoms with Crippen molar-refractivity contribution in [2.75, 3.05) is 38.3 Å². The maximum Gasteiger partial charge on any atom is 0.256 e. The van der Waals surface area contributed by atoms with Gasteiger partial charge in [0.05, 0.1) is 13.3 Å². The summed E-state index contributed by atoms with van der Waals surface area (Å²) in [5.74, 6) is 0.0821. The molecule has 0 aliphatic carbocycles. The number of hydrazine groups is 1. The zero-order chi connectivity index (χ0) is 26.1. The second-order valence-electron chi connectivity index (χ2n) is 9.19. The van der Waals surface area contributed by atoms with Crippen molar-refractivity contribution >= 4 is 34.0 Å². The SMILES string of the molecule is CC(C)NCCCN(CC(=O)N(C)N1Cc2ccccc2C1)c1ccc(Cl)c2ccccc12.NCO. The lowest BCUT2D eigenvalue weighted by molar-refractivity contribution is -0.145. The predicted octanol–water partition coefficient (Wildman–Crippen LogP) is 3.97. The van der Waals surface area contributed by atoms with Crippen LogP contribution in [0.2, 0.25) is 5.02 Å². The monoisotopic (exact) mass is 511 g/mol. The number of aliphatic hydroxyl groups is 1. The molecule has 8 heteroatoms. The van der Waals surface area contributed by atoms with E-state index in [0.717, 1.165) is 54.1 Å². The first kappa shape index (κ1) is 27.9. The van der Waals surface area contributed by atoms with Crippen molar-refractivity contribution in [1.82, 2.24) is 15.3 Å². The number of aliphatic hydroxyl groups excluding tert-OH is 1. The molecule has 194 valence electrons. The minimum absolute atomic E-state index is 0.0821. The van der Waals surface area contributed by atoms with Crippen molar-refractivity contribution in [2.24, 2.45) is 5.73 Å². The predicted molar refractivity (Wildman–Crippen MR) is 149 cm³/mol. The summed E-state index contributed by atoms with van der Waals surface area (Å²) < 4.78 is 0. The summed E-state index contributed by atoms with van der Waals surface area (Å²) in [4.78, 5) is 15.6. The molecule has 4 N–H and O–H groups in total. The number of hydrogen-bond acceptors (Lipinski definition) is 6. The number of carbonyl (C=O) groups is 1. The van der Waals surface area contributed by atoms with E-state index in [1.165, 1.54) is 11.1 Å². The van der Waals surface area contributed by atoms with Crippen LogP contribution < -0.4 is 16.0 Å². The summed E-state index contributed by atoms with van der Waals surface area (Å²) >= 11 is 6.47. The van der Waals surface area contributed by atoms with Crippen molar-refractivity contribution in [1.29, 1.82) is 0 Å². The fraction of sp³-hybridized carbons (Fsp3) is 0.393. The van der Waals surface area contributed by atoms with E-state index in [-0.39, 0.29) is 12.6 Å². The lowest BCUT2D eigenvalue weighted by Crippen LogP contribution is -2.46. The summed E-state index contributed by atoms with van der Waals surface area (Å²) in [6.45, 7) is 7.59. The van der Waals surface area contributed by atoms with Gasteiger partial charge in [-0.25, -0.2) is 5.01 Å². The Morgan fingerprint density at radius 2 is 1.64 bits per heavy atom. The second-order valence-corrected chi connectivity index (χ2v) is 9.59. The molecule has 0 saturated carbocycles. The molecular formula is C28H38ClN5O2. The minimum atomic E-state index is -0.250. The van der Waals surface area contributed by atoms with Gasteiger partial charge >= 0.3 is 0 Å². The number of hydrogen-bond donors (Lipinski definition) is 3. The van der Waals surface area contributed by atoms with E-state index in [9.17, 15) is 4.79 Å². The highest BCUT2D eigenvalue weighted by Gasteiger charge is 2.26. The number of rotatable bonds is 9. The number of fused-ring (bicyclic) bond motifs is 2. The van der Waals surface area contributed by atoms with Crippen molar-refractivity contribution in [3.05, 3.63) is 76.8 Å². The van der Waals surface area contributed by atoms with Crippen LogP contribution in [0.1, 0.15) is 31.4 Å². The van der Waals surface area contributed by atoms with Gasteiger partial charge in [0.15, 0.2) is 0 Å². The molecule has 7 nitrogen and oxygen atoms in total. The number of nitrogens with two attached hydrogens (primary N) is 1. The number of nitrogens with zero attached hydrogens (tertiary/aromatic N) is 3. The zero-order valence-electron chi connectivity index (χ0n) is 21.5. The van der Waals surface area contributed by atoms with Crippen molar-refractivity contribution in [3.8, 4) is 0 Å². The van der Waals surface area contributed by atoms with Gasteiger partial charge in [0.2, 0.25) is 0 Å². The van der Waals surface area contributed by atoms with Gasteiger partial charge in [0.25, 0.3) is 5.91 Å². The van der Waals surface area contributed by atoms with Gasteiger partial charge in [-0.1, -0.05) is 74.0 Å². The Bertz CT molecular complexity index is 1110. The van der Waals surface area contributed by atoms with E-state index in [1.54, 1.807) is 5.01 Å². The van der Waals surface area contributed by atoms with Gasteiger partial charge in [-0.15, -0.1) is 0 Å². The fourth-order valence-electron chi connectivity index (χ4n) is 4.42. The Balaban J connectivity index is 0.00000115. The number of likely N-dealkylation sites (N-methyl/N-ethyl adjacent to an activating group) is 1. The molecule has 1 heterocycles. The standard InChI is InChI=1S/C27H33ClN4O.CH5NO/c1-20(2)29-15-8-16-31(26-14-13-25(28)23-11-6-7-12-24(23)26)19-27(33)30(3)32-17-21-9-4-5-10-22(21)18-32;2-1-3/h4-7,9-14,20,29H,8,15-19H2,1-3H3;3H,1-2H2. The Morgan fingerprint density at radius 1 is 1.06 bits per heavy atom. The Labute approximate surface area is 219 Å². The second kappa shape index (κ2) is 13.6. The van der Waals surface area contributed by atoms with Crippen LogP contribution in [-0.4, -0.2) is 60.5 Å². The summed E-state index contributed by atoms with van der Waals surface area (Å²) in [6.07, 6.45) is 0.946. The number of nitrogens with one attached hydrogen (secondary N) is 1. The highest BCUT2D eigenvalue weighted by Crippen LogP contribution is 2.32. The lowest BCUT2D eigenvalue weighted by atomic mass is 10.1. The highest BCUT2D eigenvalue weighted by atomic mass is 35.5. The van der Waals surface area contributed by atoms with E-state index >= 15 is 0 Å². The molecule has 0 aromatic heterocycles. The van der Waals surface area contributed by atoms with Gasteiger partial charge in [0.1, 0.15) is 0 Å². The van der Waals surface area contributed by atoms with Crippen LogP contribution in [0, 0.1) is 0 Å². The zero-order valence-corrected chi connectivity index (χ0v) is 22.2. The van der Waals surface area contributed by atoms with Gasteiger partial charge < -0.3 is 21.1 Å². The number of amides is 1. The largest absolute Gasteiger partial charge is 0.382 e. The fourth-order valence-corrected chi connectivity index (χ4v) is 4.65. The maximum atomic E-state index is 13.4. The average molecular weight is 512 g/mol. The number of carbonyl (C=O) groups excluding carboxylic acids is 1. The van der Waals surface area contributed by atoms with Crippen LogP contribution in [0.5, 0.6) is 0 Å². The Morgan fingerprint density at radius 3 is 2.25 bits per heavy atom. The first-order valence-corrected chi connectivity index (χ1v) is 12.8. The molecule has 1 amide bonds. The van der Waals surface area contributed by atoms with Gasteiger partial charge in [0, 0.05) is 54.2 Å². The van der Waals surface area contributed by atoms with E-state index in [4.69, 9.17) is 16.7 Å². The lowest BCUT2D eigenvalue weighted by Gasteiger charge is -2.32. The Hall–Kier alpha value is -2.68. The molecule has 0 unspecified atom stereocenters. The summed E-state index contributed by atoms with van der Waals surface area (Å²) in [7, 11) is 1.88. The van der Waals surface area contributed by atoms with Crippen molar-refractivity contribution < 1.29 is 9.90 Å². The van der Waals surface area contributed by atoms with Crippen molar-refractivity contribution in [2.45, 2.75) is 39.4 Å². The molecule has 0 fully saturated rings. The summed E-state index contributed by atoms with van der Waals surface area (Å²) in [5, 5.41) is 17.5. The molecule has 0 spiro atoms. The molecule has 1 aliphatic heterocycles. The van der Waals surface area contributed by atoms with E-state index in [1.807, 2.05) is 37.4 Å². The van der Waals surface area contributed by atoms with Gasteiger partial charge in [-0.05, 0) is 36.2 Å². The third-order valence-electron chi connectivity index (χ3n) is 6.28. The quantitative estimate of drug-likeness (QED) is 0.298. The van der Waals surface area contributed by atoms with Crippen molar-refractivity contribution in [3.63, 3.8) is 0 Å². The van der Waals surface area contributed by atoms with Crippen LogP contribution in [0.3, 0.4) is 0 Å². The molecule has 0 atom stereocenters. The first-order valence-electron chi connectivity index (χ1n) is 12.4. The number of anilines is 1. The van der Waals surface area contributed by atoms with Crippen LogP contribution >= 0.6 is 11.6 Å². The smallest absolute Gasteiger partial charge is 0.256 e. The summed E-state index contributed by atoms with van der Waals surface area (Å²) in [5.41, 5.74) is 8.03. The average Bonchev–Trinajstić information content (AvgIpc) is 3.30. The minimum Gasteiger partial charge on any atom is -0.382 e. The molecule has 1 aliphatic rings. The van der Waals surface area contributed by atoms with Crippen LogP contribution in [-0.2, 0) is 17.9 Å². The number of benzene rings is 3. The van der Waals surface area contributed by atoms with E-state index in [0.29, 0.717) is 12.6 Å². The number of halogens is 1. The topological polar surface area (TPSA) is 85.1 Å². The van der Waals surface area contributed by atoms with Crippen LogP contribution in [0.15, 0.2) is 60.7 Å². The van der Waals surface area contributed by atoms with Gasteiger partial charge in [-0.2, -0.15) is 0 Å². The third kappa shape index (κ3) is 7.18. The highest BCUT2D eigenvalue weighted by molar-refractivity contribution is 6.36. The Kier molecular flexibility index (Phi) is 10.5. The molecule has 0 saturated heterocycles. The maximum absolute atomic E-state index is 13.4. The molecule has 4 rings (SSSR count). The van der Waals surface area contributed by atoms with Crippen LogP contribution in [0.4, 0.5) is 5.69 Å². The van der Waals surface area contributed by atoms with Crippen LogP contribution in [0.25, 0.3) is 10.8 Å². The molecule has 3 aromatic carbocycles. The molecule has 0 bridgehead atoms. The first-order chi connectivity index (χ1) is 17.3. The van der Waals surface area contributed by atoms with E-state index < -0.39 is 0 Å². The molecular weight excluding hydrogens is 474 g/mol. The van der Waals surface area contributed by atoms with Gasteiger partial charge in [-0.3, -0.25) is 9.80 Å². The molecule has 3 aromatic rings. The summed E-state index contributed by atoms with van der Waals surface area (Å²) in [6, 6.07) is 21.0. The third-order valence-corrected chi connectivity index (χ3v) is 6.61. The molecule has 36 heavy (non-hydrogen) atoms. The van der Waals surface area contributed by atoms with E-state index in [2.05, 4.69) is 65.1 Å².